The van der Waals surface area contributed by atoms with Crippen molar-refractivity contribution in [2.75, 3.05) is 7.11 Å². The van der Waals surface area contributed by atoms with E-state index in [2.05, 4.69) is 4.98 Å². The van der Waals surface area contributed by atoms with E-state index < -0.39 is 5.41 Å². The van der Waals surface area contributed by atoms with Crippen molar-refractivity contribution in [3.05, 3.63) is 41.7 Å². The van der Waals surface area contributed by atoms with Crippen LogP contribution in [-0.4, -0.2) is 27.4 Å². The molecule has 0 atom stereocenters. The lowest BCUT2D eigenvalue weighted by Gasteiger charge is -2.19. The van der Waals surface area contributed by atoms with Crippen LogP contribution >= 0.6 is 0 Å². The van der Waals surface area contributed by atoms with Crippen molar-refractivity contribution in [1.29, 1.82) is 0 Å². The smallest absolute Gasteiger partial charge is 0.319 e. The first-order chi connectivity index (χ1) is 13.4. The SMILES string of the molecule is COc1ccc(-c2cn3c(OC(=O)C(C)(C)C)nc4c(c3n2)CCCC4)cc1. The monoisotopic (exact) mass is 379 g/mol. The van der Waals surface area contributed by atoms with E-state index in [9.17, 15) is 4.79 Å². The summed E-state index contributed by atoms with van der Waals surface area (Å²) in [6.45, 7) is 5.50. The quantitative estimate of drug-likeness (QED) is 0.637. The molecule has 0 unspecified atom stereocenters. The van der Waals surface area contributed by atoms with Crippen molar-refractivity contribution in [1.82, 2.24) is 14.4 Å². The lowest BCUT2D eigenvalue weighted by Crippen LogP contribution is -2.27. The van der Waals surface area contributed by atoms with Gasteiger partial charge in [-0.2, -0.15) is 0 Å². The van der Waals surface area contributed by atoms with Gasteiger partial charge in [-0.15, -0.1) is 0 Å². The van der Waals surface area contributed by atoms with Gasteiger partial charge in [0.2, 0.25) is 0 Å². The van der Waals surface area contributed by atoms with E-state index in [1.807, 2.05) is 55.6 Å². The molecule has 0 bridgehead atoms. The lowest BCUT2D eigenvalue weighted by molar-refractivity contribution is -0.143. The zero-order chi connectivity index (χ0) is 19.9. The number of nitrogens with zero attached hydrogens (tertiary/aromatic N) is 3. The van der Waals surface area contributed by atoms with Gasteiger partial charge in [-0.3, -0.25) is 9.20 Å². The number of aryl methyl sites for hydroxylation is 2. The van der Waals surface area contributed by atoms with Gasteiger partial charge in [0, 0.05) is 17.3 Å². The van der Waals surface area contributed by atoms with Crippen LogP contribution in [0.25, 0.3) is 16.9 Å². The van der Waals surface area contributed by atoms with Gasteiger partial charge in [0.1, 0.15) is 11.4 Å². The van der Waals surface area contributed by atoms with E-state index in [-0.39, 0.29) is 5.97 Å². The first kappa shape index (κ1) is 18.5. The van der Waals surface area contributed by atoms with Crippen LogP contribution in [0.15, 0.2) is 30.5 Å². The summed E-state index contributed by atoms with van der Waals surface area (Å²) >= 11 is 0. The predicted molar refractivity (Wildman–Crippen MR) is 107 cm³/mol. The second-order valence-electron chi connectivity index (χ2n) is 8.21. The molecule has 0 fully saturated rings. The van der Waals surface area contributed by atoms with Crippen molar-refractivity contribution >= 4 is 11.6 Å². The normalized spacial score (nSPS) is 14.0. The van der Waals surface area contributed by atoms with Crippen molar-refractivity contribution in [2.45, 2.75) is 46.5 Å². The standard InChI is InChI=1S/C22H25N3O3/c1-22(2,3)20(26)28-21-24-17-8-6-5-7-16(17)19-23-18(13-25(19)21)14-9-11-15(27-4)12-10-14/h9-13H,5-8H2,1-4H3. The number of hydrogen-bond donors (Lipinski definition) is 0. The van der Waals surface area contributed by atoms with Crippen LogP contribution in [0.5, 0.6) is 11.8 Å². The Hall–Kier alpha value is -2.89. The molecule has 4 rings (SSSR count). The first-order valence-electron chi connectivity index (χ1n) is 9.64. The highest BCUT2D eigenvalue weighted by atomic mass is 16.6. The fraction of sp³-hybridized carbons (Fsp3) is 0.409. The Bertz CT molecular complexity index is 1030. The van der Waals surface area contributed by atoms with Gasteiger partial charge >= 0.3 is 12.0 Å². The molecule has 0 N–H and O–H groups in total. The third kappa shape index (κ3) is 3.35. The van der Waals surface area contributed by atoms with Crippen LogP contribution in [0.2, 0.25) is 0 Å². The van der Waals surface area contributed by atoms with Gasteiger partial charge in [-0.25, -0.2) is 9.97 Å². The minimum atomic E-state index is -0.608. The van der Waals surface area contributed by atoms with Crippen LogP contribution in [0.3, 0.4) is 0 Å². The number of benzene rings is 1. The number of carbonyl (C=O) groups excluding carboxylic acids is 1. The summed E-state index contributed by atoms with van der Waals surface area (Å²) in [5.41, 5.74) is 4.15. The second-order valence-corrected chi connectivity index (χ2v) is 8.21. The van der Waals surface area contributed by atoms with Crippen LogP contribution < -0.4 is 9.47 Å². The zero-order valence-electron chi connectivity index (χ0n) is 16.8. The minimum Gasteiger partial charge on any atom is -0.497 e. The molecule has 146 valence electrons. The van der Waals surface area contributed by atoms with Gasteiger partial charge in [-0.05, 0) is 70.7 Å². The summed E-state index contributed by atoms with van der Waals surface area (Å²) in [7, 11) is 1.65. The maximum atomic E-state index is 12.5. The highest BCUT2D eigenvalue weighted by Gasteiger charge is 2.27. The highest BCUT2D eigenvalue weighted by Crippen LogP contribution is 2.31. The molecule has 0 aliphatic heterocycles. The number of ether oxygens (including phenoxy) is 2. The maximum absolute atomic E-state index is 12.5. The first-order valence-corrected chi connectivity index (χ1v) is 9.64. The van der Waals surface area contributed by atoms with Crippen LogP contribution in [0, 0.1) is 5.41 Å². The Morgan fingerprint density at radius 2 is 1.79 bits per heavy atom. The van der Waals surface area contributed by atoms with Gasteiger partial charge in [0.15, 0.2) is 0 Å². The van der Waals surface area contributed by atoms with Crippen molar-refractivity contribution in [2.24, 2.45) is 5.41 Å². The third-order valence-corrected chi connectivity index (χ3v) is 5.03. The topological polar surface area (TPSA) is 65.7 Å². The van der Waals surface area contributed by atoms with Gasteiger partial charge in [0.25, 0.3) is 0 Å². The number of aromatic nitrogens is 3. The molecule has 0 radical (unpaired) electrons. The molecule has 0 spiro atoms. The number of imidazole rings is 1. The Morgan fingerprint density at radius 1 is 1.07 bits per heavy atom. The molecule has 1 aliphatic rings. The van der Waals surface area contributed by atoms with Crippen LogP contribution in [-0.2, 0) is 17.6 Å². The average molecular weight is 379 g/mol. The second kappa shape index (κ2) is 6.93. The number of methoxy groups -OCH3 is 1. The summed E-state index contributed by atoms with van der Waals surface area (Å²) in [6, 6.07) is 8.06. The Kier molecular flexibility index (Phi) is 4.57. The summed E-state index contributed by atoms with van der Waals surface area (Å²) in [6.07, 6.45) is 5.93. The molecule has 1 aliphatic carbocycles. The number of esters is 1. The van der Waals surface area contributed by atoms with Gasteiger partial charge < -0.3 is 9.47 Å². The molecule has 0 saturated carbocycles. The molecule has 0 amide bonds. The summed E-state index contributed by atoms with van der Waals surface area (Å²) in [5, 5.41) is 0. The molecular formula is C22H25N3O3. The van der Waals surface area contributed by atoms with E-state index in [1.54, 1.807) is 7.11 Å². The molecule has 1 aromatic carbocycles. The molecule has 6 heteroatoms. The molecule has 0 saturated heterocycles. The van der Waals surface area contributed by atoms with E-state index in [0.717, 1.165) is 59.6 Å². The van der Waals surface area contributed by atoms with Crippen LogP contribution in [0.4, 0.5) is 0 Å². The molecule has 3 aromatic rings. The van der Waals surface area contributed by atoms with Crippen LogP contribution in [0.1, 0.15) is 44.9 Å². The van der Waals surface area contributed by atoms with Gasteiger partial charge in [-0.1, -0.05) is 0 Å². The molecule has 6 nitrogen and oxygen atoms in total. The number of fused-ring (bicyclic) bond motifs is 3. The maximum Gasteiger partial charge on any atom is 0.319 e. The lowest BCUT2D eigenvalue weighted by atomic mass is 9.97. The Balaban J connectivity index is 1.84. The van der Waals surface area contributed by atoms with Gasteiger partial charge in [0.05, 0.1) is 23.9 Å². The largest absolute Gasteiger partial charge is 0.497 e. The number of carbonyl (C=O) groups is 1. The summed E-state index contributed by atoms with van der Waals surface area (Å²) < 4.78 is 12.7. The molecule has 2 heterocycles. The molecular weight excluding hydrogens is 354 g/mol. The van der Waals surface area contributed by atoms with Crippen molar-refractivity contribution in [3.63, 3.8) is 0 Å². The van der Waals surface area contributed by atoms with E-state index >= 15 is 0 Å². The third-order valence-electron chi connectivity index (χ3n) is 5.03. The molecule has 2 aromatic heterocycles. The Labute approximate surface area is 164 Å². The van der Waals surface area contributed by atoms with E-state index in [0.29, 0.717) is 6.01 Å². The highest BCUT2D eigenvalue weighted by molar-refractivity contribution is 5.77. The average Bonchev–Trinajstić information content (AvgIpc) is 3.13. The number of hydrogen-bond acceptors (Lipinski definition) is 5. The fourth-order valence-corrected chi connectivity index (χ4v) is 3.37. The van der Waals surface area contributed by atoms with Crippen molar-refractivity contribution < 1.29 is 14.3 Å². The van der Waals surface area contributed by atoms with E-state index in [4.69, 9.17) is 14.5 Å². The zero-order valence-corrected chi connectivity index (χ0v) is 16.8. The van der Waals surface area contributed by atoms with E-state index in [1.165, 1.54) is 0 Å². The summed E-state index contributed by atoms with van der Waals surface area (Å²) in [5.74, 6) is 0.489. The fourth-order valence-electron chi connectivity index (χ4n) is 3.37. The summed E-state index contributed by atoms with van der Waals surface area (Å²) in [4.78, 5) is 22.0. The number of rotatable bonds is 3. The minimum absolute atomic E-state index is 0.294. The Morgan fingerprint density at radius 3 is 2.46 bits per heavy atom. The predicted octanol–water partition coefficient (Wildman–Crippen LogP) is 4.24. The van der Waals surface area contributed by atoms with Crippen molar-refractivity contribution in [3.8, 4) is 23.0 Å². The molecule has 28 heavy (non-hydrogen) atoms.